The van der Waals surface area contributed by atoms with Crippen molar-refractivity contribution in [3.8, 4) is 11.5 Å². The van der Waals surface area contributed by atoms with Gasteiger partial charge < -0.3 is 18.2 Å². The Morgan fingerprint density at radius 3 is 1.90 bits per heavy atom. The highest BCUT2D eigenvalue weighted by atomic mass is 32.1. The number of oxazole rings is 1. The van der Waals surface area contributed by atoms with Gasteiger partial charge in [0.05, 0.1) is 5.39 Å². The lowest BCUT2D eigenvalue weighted by atomic mass is 10.1. The van der Waals surface area contributed by atoms with Gasteiger partial charge in [-0.3, -0.25) is 0 Å². The molecule has 0 aliphatic heterocycles. The van der Waals surface area contributed by atoms with E-state index in [1.165, 1.54) is 20.2 Å². The molecule has 0 N–H and O–H groups in total. The summed E-state index contributed by atoms with van der Waals surface area (Å²) in [5, 5.41) is 6.69. The van der Waals surface area contributed by atoms with E-state index >= 15 is 0 Å². The van der Waals surface area contributed by atoms with E-state index in [0.717, 1.165) is 77.6 Å². The molecule has 0 aliphatic carbocycles. The Bertz CT molecular complexity index is 2960. The van der Waals surface area contributed by atoms with Crippen LogP contribution in [0.25, 0.3) is 86.6 Å². The Balaban J connectivity index is 1.11. The minimum atomic E-state index is 0.595. The molecule has 0 saturated heterocycles. The third kappa shape index (κ3) is 4.01. The monoisotopic (exact) mass is 648 g/mol. The molecule has 11 aromatic rings. The number of thiophene rings is 1. The van der Waals surface area contributed by atoms with E-state index in [1.807, 2.05) is 65.9 Å². The van der Waals surface area contributed by atoms with Crippen molar-refractivity contribution >= 4 is 104 Å². The number of hydrogen-bond donors (Lipinski definition) is 0. The van der Waals surface area contributed by atoms with Crippen LogP contribution in [0.2, 0.25) is 0 Å². The number of aromatic nitrogens is 1. The van der Waals surface area contributed by atoms with Crippen LogP contribution in [-0.4, -0.2) is 4.98 Å². The molecular formula is C43H24N2O3S. The number of furan rings is 2. The minimum Gasteiger partial charge on any atom is -0.456 e. The molecule has 0 unspecified atom stereocenters. The number of hydrogen-bond acceptors (Lipinski definition) is 6. The highest BCUT2D eigenvalue weighted by Crippen LogP contribution is 2.44. The quantitative estimate of drug-likeness (QED) is 0.190. The summed E-state index contributed by atoms with van der Waals surface area (Å²) in [4.78, 5) is 7.21. The van der Waals surface area contributed by atoms with Crippen molar-refractivity contribution < 1.29 is 13.3 Å². The molecule has 7 aromatic carbocycles. The third-order valence-electron chi connectivity index (χ3n) is 9.50. The first kappa shape index (κ1) is 26.7. The lowest BCUT2D eigenvalue weighted by molar-refractivity contribution is 0.619. The van der Waals surface area contributed by atoms with Gasteiger partial charge in [0.1, 0.15) is 27.8 Å². The van der Waals surface area contributed by atoms with E-state index in [9.17, 15) is 0 Å². The fourth-order valence-electron chi connectivity index (χ4n) is 7.24. The van der Waals surface area contributed by atoms with Crippen LogP contribution in [0.5, 0.6) is 0 Å². The standard InChI is InChI=1S/C43H24N2O3S/c1-2-8-25(9-3-1)43-44-42-36(48-43)21-20-35-41(42)33-19-16-27(23-38(33)47-35)45(26-14-17-30-29-10-4-6-12-34(29)46-37(30)22-26)28-15-18-32-31-11-5-7-13-39(31)49-40(32)24-28/h1-24H. The van der Waals surface area contributed by atoms with Crippen LogP contribution in [0.1, 0.15) is 0 Å². The normalized spacial score (nSPS) is 12.1. The van der Waals surface area contributed by atoms with E-state index < -0.39 is 0 Å². The van der Waals surface area contributed by atoms with Crippen molar-refractivity contribution in [1.82, 2.24) is 4.98 Å². The molecule has 0 spiro atoms. The van der Waals surface area contributed by atoms with E-state index in [-0.39, 0.29) is 0 Å². The van der Waals surface area contributed by atoms with Crippen LogP contribution in [0.4, 0.5) is 17.1 Å². The van der Waals surface area contributed by atoms with Crippen molar-refractivity contribution in [2.75, 3.05) is 4.90 Å². The molecular weight excluding hydrogens is 625 g/mol. The predicted molar refractivity (Wildman–Crippen MR) is 202 cm³/mol. The molecule has 0 bridgehead atoms. The van der Waals surface area contributed by atoms with E-state index in [2.05, 4.69) is 95.9 Å². The summed E-state index contributed by atoms with van der Waals surface area (Å²) in [5.41, 5.74) is 8.77. The maximum atomic E-state index is 6.53. The van der Waals surface area contributed by atoms with Crippen LogP contribution in [0.15, 0.2) is 159 Å². The highest BCUT2D eigenvalue weighted by molar-refractivity contribution is 7.25. The molecule has 49 heavy (non-hydrogen) atoms. The molecule has 5 nitrogen and oxygen atoms in total. The first-order valence-corrected chi connectivity index (χ1v) is 17.0. The first-order chi connectivity index (χ1) is 24.2. The van der Waals surface area contributed by atoms with Crippen molar-refractivity contribution in [2.24, 2.45) is 0 Å². The number of para-hydroxylation sites is 1. The van der Waals surface area contributed by atoms with Crippen molar-refractivity contribution in [3.05, 3.63) is 146 Å². The minimum absolute atomic E-state index is 0.595. The molecule has 11 rings (SSSR count). The Labute approximate surface area is 282 Å². The number of rotatable bonds is 4. The topological polar surface area (TPSA) is 55.6 Å². The molecule has 4 aromatic heterocycles. The summed E-state index contributed by atoms with van der Waals surface area (Å²) in [6.45, 7) is 0. The van der Waals surface area contributed by atoms with Gasteiger partial charge in [-0.2, -0.15) is 0 Å². The van der Waals surface area contributed by atoms with Gasteiger partial charge in [-0.25, -0.2) is 4.98 Å². The van der Waals surface area contributed by atoms with E-state index in [1.54, 1.807) is 0 Å². The molecule has 0 radical (unpaired) electrons. The van der Waals surface area contributed by atoms with E-state index in [4.69, 9.17) is 18.2 Å². The summed E-state index contributed by atoms with van der Waals surface area (Å²) in [5.74, 6) is 0.595. The average Bonchev–Trinajstić information content (AvgIpc) is 3.92. The number of fused-ring (bicyclic) bond motifs is 11. The molecule has 4 heterocycles. The third-order valence-corrected chi connectivity index (χ3v) is 10.6. The number of nitrogens with zero attached hydrogens (tertiary/aromatic N) is 2. The zero-order valence-electron chi connectivity index (χ0n) is 25.9. The first-order valence-electron chi connectivity index (χ1n) is 16.2. The zero-order valence-corrected chi connectivity index (χ0v) is 26.7. The summed E-state index contributed by atoms with van der Waals surface area (Å²) in [7, 11) is 0. The van der Waals surface area contributed by atoms with Gasteiger partial charge in [-0.1, -0.05) is 60.7 Å². The Morgan fingerprint density at radius 1 is 0.429 bits per heavy atom. The van der Waals surface area contributed by atoms with Gasteiger partial charge in [0.2, 0.25) is 5.89 Å². The SMILES string of the molecule is c1ccc(-c2nc3c(ccc4oc5cc(N(c6ccc7c(c6)oc6ccccc67)c6ccc7c(c6)sc6ccccc67)ccc5c43)o2)cc1. The lowest BCUT2D eigenvalue weighted by Gasteiger charge is -2.25. The van der Waals surface area contributed by atoms with Crippen LogP contribution >= 0.6 is 11.3 Å². The molecule has 230 valence electrons. The van der Waals surface area contributed by atoms with Crippen molar-refractivity contribution in [2.45, 2.75) is 0 Å². The van der Waals surface area contributed by atoms with Gasteiger partial charge in [0.15, 0.2) is 5.58 Å². The molecule has 0 amide bonds. The second kappa shape index (κ2) is 10.1. The van der Waals surface area contributed by atoms with Crippen LogP contribution in [-0.2, 0) is 0 Å². The van der Waals surface area contributed by atoms with Crippen molar-refractivity contribution in [3.63, 3.8) is 0 Å². The summed E-state index contributed by atoms with van der Waals surface area (Å²) in [6, 6.07) is 50.3. The summed E-state index contributed by atoms with van der Waals surface area (Å²) in [6.07, 6.45) is 0. The summed E-state index contributed by atoms with van der Waals surface area (Å²) < 4.78 is 21.6. The van der Waals surface area contributed by atoms with Gasteiger partial charge in [-0.15, -0.1) is 11.3 Å². The predicted octanol–water partition coefficient (Wildman–Crippen LogP) is 13.1. The van der Waals surface area contributed by atoms with Crippen LogP contribution < -0.4 is 4.90 Å². The second-order valence-electron chi connectivity index (χ2n) is 12.3. The molecule has 0 aliphatic rings. The smallest absolute Gasteiger partial charge is 0.227 e. The maximum absolute atomic E-state index is 6.53. The van der Waals surface area contributed by atoms with Gasteiger partial charge in [0.25, 0.3) is 0 Å². The molecule has 6 heteroatoms. The van der Waals surface area contributed by atoms with Crippen LogP contribution in [0.3, 0.4) is 0 Å². The van der Waals surface area contributed by atoms with Crippen LogP contribution in [0, 0.1) is 0 Å². The Morgan fingerprint density at radius 2 is 1.04 bits per heavy atom. The fourth-order valence-corrected chi connectivity index (χ4v) is 8.38. The number of anilines is 3. The fraction of sp³-hybridized carbons (Fsp3) is 0. The van der Waals surface area contributed by atoms with E-state index in [0.29, 0.717) is 5.89 Å². The number of benzene rings is 7. The maximum Gasteiger partial charge on any atom is 0.227 e. The van der Waals surface area contributed by atoms with Gasteiger partial charge >= 0.3 is 0 Å². The molecule has 0 atom stereocenters. The van der Waals surface area contributed by atoms with Gasteiger partial charge in [0, 0.05) is 71.1 Å². The highest BCUT2D eigenvalue weighted by Gasteiger charge is 2.21. The molecule has 0 fully saturated rings. The second-order valence-corrected chi connectivity index (χ2v) is 13.4. The largest absolute Gasteiger partial charge is 0.456 e. The van der Waals surface area contributed by atoms with Crippen molar-refractivity contribution in [1.29, 1.82) is 0 Å². The molecule has 0 saturated carbocycles. The Hall–Kier alpha value is -6.37. The lowest BCUT2D eigenvalue weighted by Crippen LogP contribution is -2.09. The van der Waals surface area contributed by atoms with Gasteiger partial charge in [-0.05, 0) is 72.8 Å². The zero-order chi connectivity index (χ0) is 32.1. The average molecular weight is 649 g/mol. The summed E-state index contributed by atoms with van der Waals surface area (Å²) >= 11 is 1.82. The Kier molecular flexibility index (Phi) is 5.48.